The lowest BCUT2D eigenvalue weighted by atomic mass is 10.0. The highest BCUT2D eigenvalue weighted by molar-refractivity contribution is 7.15. The molecule has 2 aromatic heterocycles. The molecule has 0 radical (unpaired) electrons. The van der Waals surface area contributed by atoms with Gasteiger partial charge >= 0.3 is 5.69 Å². The number of thiophene rings is 1. The highest BCUT2D eigenvalue weighted by Gasteiger charge is 2.22. The standard InChI is InChI=1S/C20H20FN5O3S/c1-11-4-13(6-14-19(11)29-9-18(27)24-14)16-2-3-17(30-16)15(5-12(7-21)8-22)26-10-23-25-20(26)28/h2-4,6-7,10,15H,5,8-9,22H2,1H3,(H,24,27)(H,25,28)/b12-7+. The summed E-state index contributed by atoms with van der Waals surface area (Å²) >= 11 is 1.48. The minimum Gasteiger partial charge on any atom is -0.481 e. The summed E-state index contributed by atoms with van der Waals surface area (Å²) in [7, 11) is 0. The number of amides is 1. The van der Waals surface area contributed by atoms with Gasteiger partial charge in [-0.05, 0) is 54.3 Å². The zero-order chi connectivity index (χ0) is 21.3. The number of H-pyrrole nitrogens is 1. The van der Waals surface area contributed by atoms with Gasteiger partial charge in [-0.25, -0.2) is 14.3 Å². The molecule has 0 fully saturated rings. The number of hydrogen-bond donors (Lipinski definition) is 3. The Morgan fingerprint density at radius 2 is 2.27 bits per heavy atom. The molecule has 3 heterocycles. The first-order valence-electron chi connectivity index (χ1n) is 9.27. The third-order valence-corrected chi connectivity index (χ3v) is 6.16. The Bertz CT molecular complexity index is 1180. The zero-order valence-corrected chi connectivity index (χ0v) is 17.0. The van der Waals surface area contributed by atoms with E-state index in [9.17, 15) is 14.0 Å². The van der Waals surface area contributed by atoms with E-state index in [0.29, 0.717) is 23.3 Å². The molecule has 1 aliphatic heterocycles. The van der Waals surface area contributed by atoms with E-state index in [1.807, 2.05) is 31.2 Å². The smallest absolute Gasteiger partial charge is 0.343 e. The summed E-state index contributed by atoms with van der Waals surface area (Å²) in [6.45, 7) is 1.98. The van der Waals surface area contributed by atoms with Crippen LogP contribution < -0.4 is 21.5 Å². The number of aromatic nitrogens is 3. The van der Waals surface area contributed by atoms with Crippen LogP contribution in [0.4, 0.5) is 10.1 Å². The highest BCUT2D eigenvalue weighted by atomic mass is 32.1. The minimum absolute atomic E-state index is 0.00301. The summed E-state index contributed by atoms with van der Waals surface area (Å²) in [5.41, 5.74) is 8.09. The monoisotopic (exact) mass is 429 g/mol. The molecule has 0 spiro atoms. The Morgan fingerprint density at radius 3 is 2.97 bits per heavy atom. The molecule has 8 nitrogen and oxygen atoms in total. The molecule has 10 heteroatoms. The number of nitrogens with zero attached hydrogens (tertiary/aromatic N) is 2. The number of fused-ring (bicyclic) bond motifs is 1. The molecule has 30 heavy (non-hydrogen) atoms. The van der Waals surface area contributed by atoms with Gasteiger partial charge in [-0.15, -0.1) is 11.3 Å². The van der Waals surface area contributed by atoms with E-state index in [0.717, 1.165) is 20.9 Å². The summed E-state index contributed by atoms with van der Waals surface area (Å²) in [5.74, 6) is 0.469. The Labute approximate surface area is 175 Å². The molecular formula is C20H20FN5O3S. The predicted octanol–water partition coefficient (Wildman–Crippen LogP) is 2.73. The van der Waals surface area contributed by atoms with Crippen LogP contribution in [-0.4, -0.2) is 33.8 Å². The van der Waals surface area contributed by atoms with Gasteiger partial charge in [0.1, 0.15) is 12.1 Å². The third-order valence-electron chi connectivity index (χ3n) is 4.92. The fraction of sp³-hybridized carbons (Fsp3) is 0.250. The number of ether oxygens (including phenoxy) is 1. The summed E-state index contributed by atoms with van der Waals surface area (Å²) in [6, 6.07) is 7.24. The number of nitrogens with two attached hydrogens (primary N) is 1. The van der Waals surface area contributed by atoms with Crippen molar-refractivity contribution in [3.63, 3.8) is 0 Å². The second-order valence-electron chi connectivity index (χ2n) is 6.97. The van der Waals surface area contributed by atoms with Crippen molar-refractivity contribution in [2.75, 3.05) is 18.5 Å². The van der Waals surface area contributed by atoms with E-state index in [4.69, 9.17) is 10.5 Å². The molecule has 0 saturated heterocycles. The maximum absolute atomic E-state index is 13.2. The van der Waals surface area contributed by atoms with Crippen molar-refractivity contribution < 1.29 is 13.9 Å². The second-order valence-corrected chi connectivity index (χ2v) is 8.08. The quantitative estimate of drug-likeness (QED) is 0.557. The first-order chi connectivity index (χ1) is 14.5. The van der Waals surface area contributed by atoms with Gasteiger partial charge in [0.05, 0.1) is 18.1 Å². The van der Waals surface area contributed by atoms with Crippen LogP contribution in [-0.2, 0) is 4.79 Å². The number of carbonyl (C=O) groups excluding carboxylic acids is 1. The third kappa shape index (κ3) is 3.79. The molecule has 1 aliphatic rings. The van der Waals surface area contributed by atoms with E-state index in [-0.39, 0.29) is 31.2 Å². The van der Waals surface area contributed by atoms with Crippen molar-refractivity contribution in [2.24, 2.45) is 5.73 Å². The maximum atomic E-state index is 13.2. The highest BCUT2D eigenvalue weighted by Crippen LogP contribution is 2.40. The molecule has 156 valence electrons. The summed E-state index contributed by atoms with van der Waals surface area (Å²) in [4.78, 5) is 25.6. The number of anilines is 1. The molecular weight excluding hydrogens is 409 g/mol. The van der Waals surface area contributed by atoms with E-state index < -0.39 is 6.04 Å². The summed E-state index contributed by atoms with van der Waals surface area (Å²) in [6.07, 6.45) is 2.14. The number of halogens is 1. The van der Waals surface area contributed by atoms with Crippen molar-refractivity contribution in [2.45, 2.75) is 19.4 Å². The van der Waals surface area contributed by atoms with Gasteiger partial charge in [-0.3, -0.25) is 9.36 Å². The largest absolute Gasteiger partial charge is 0.481 e. The van der Waals surface area contributed by atoms with Crippen molar-refractivity contribution in [3.05, 3.63) is 63.4 Å². The number of aromatic amines is 1. The zero-order valence-electron chi connectivity index (χ0n) is 16.1. The lowest BCUT2D eigenvalue weighted by Crippen LogP contribution is -2.25. The Morgan fingerprint density at radius 1 is 1.43 bits per heavy atom. The number of benzene rings is 1. The number of hydrogen-bond acceptors (Lipinski definition) is 6. The Hall–Kier alpha value is -3.24. The van der Waals surface area contributed by atoms with Crippen LogP contribution in [0.25, 0.3) is 10.4 Å². The Balaban J connectivity index is 1.72. The molecule has 0 saturated carbocycles. The van der Waals surface area contributed by atoms with Gasteiger partial charge in [-0.1, -0.05) is 0 Å². The van der Waals surface area contributed by atoms with Crippen molar-refractivity contribution in [1.29, 1.82) is 0 Å². The average Bonchev–Trinajstić information content (AvgIpc) is 3.38. The fourth-order valence-electron chi connectivity index (χ4n) is 3.45. The number of nitrogens with one attached hydrogen (secondary N) is 2. The summed E-state index contributed by atoms with van der Waals surface area (Å²) < 4.78 is 20.1. The second kappa shape index (κ2) is 8.25. The molecule has 1 unspecified atom stereocenters. The topological polar surface area (TPSA) is 115 Å². The van der Waals surface area contributed by atoms with E-state index in [1.54, 1.807) is 0 Å². The Kier molecular flexibility index (Phi) is 5.51. The normalized spacial score (nSPS) is 14.8. The van der Waals surface area contributed by atoms with Crippen LogP contribution >= 0.6 is 11.3 Å². The molecule has 3 aromatic rings. The molecule has 4 N–H and O–H groups in total. The van der Waals surface area contributed by atoms with Crippen LogP contribution in [0.15, 0.2) is 47.3 Å². The lowest BCUT2D eigenvalue weighted by molar-refractivity contribution is -0.118. The van der Waals surface area contributed by atoms with Crippen molar-refractivity contribution >= 4 is 22.9 Å². The van der Waals surface area contributed by atoms with Gasteiger partial charge in [0.2, 0.25) is 0 Å². The maximum Gasteiger partial charge on any atom is 0.343 e. The molecule has 1 atom stereocenters. The first-order valence-corrected chi connectivity index (χ1v) is 10.1. The van der Waals surface area contributed by atoms with Crippen LogP contribution in [0.2, 0.25) is 0 Å². The van der Waals surface area contributed by atoms with E-state index >= 15 is 0 Å². The van der Waals surface area contributed by atoms with Crippen molar-refractivity contribution in [1.82, 2.24) is 14.8 Å². The lowest BCUT2D eigenvalue weighted by Gasteiger charge is -2.20. The molecule has 4 rings (SSSR count). The number of carbonyl (C=O) groups is 1. The van der Waals surface area contributed by atoms with Gasteiger partial charge in [-0.2, -0.15) is 5.10 Å². The molecule has 1 aromatic carbocycles. The van der Waals surface area contributed by atoms with Crippen LogP contribution in [0.1, 0.15) is 22.9 Å². The number of aryl methyl sites for hydroxylation is 1. The molecule has 1 amide bonds. The van der Waals surface area contributed by atoms with E-state index in [2.05, 4.69) is 15.5 Å². The van der Waals surface area contributed by atoms with Crippen LogP contribution in [0, 0.1) is 6.92 Å². The number of rotatable bonds is 6. The molecule has 0 aliphatic carbocycles. The van der Waals surface area contributed by atoms with Crippen LogP contribution in [0.3, 0.4) is 0 Å². The van der Waals surface area contributed by atoms with Crippen LogP contribution in [0.5, 0.6) is 5.75 Å². The predicted molar refractivity (Wildman–Crippen MR) is 112 cm³/mol. The van der Waals surface area contributed by atoms with Gasteiger partial charge in [0.25, 0.3) is 5.91 Å². The summed E-state index contributed by atoms with van der Waals surface area (Å²) in [5, 5.41) is 9.00. The fourth-order valence-corrected chi connectivity index (χ4v) is 4.54. The SMILES string of the molecule is Cc1cc(-c2ccc(C(C/C(=C\F)CN)n3cn[nH]c3=O)s2)cc2c1OCC(=O)N2. The van der Waals surface area contributed by atoms with E-state index in [1.165, 1.54) is 22.2 Å². The minimum atomic E-state index is -0.442. The van der Waals surface area contributed by atoms with Gasteiger partial charge in [0, 0.05) is 16.3 Å². The first kappa shape index (κ1) is 20.0. The van der Waals surface area contributed by atoms with Crippen molar-refractivity contribution in [3.8, 4) is 16.2 Å². The molecule has 0 bridgehead atoms. The average molecular weight is 429 g/mol. The van der Waals surface area contributed by atoms with Gasteiger partial charge < -0.3 is 15.8 Å². The van der Waals surface area contributed by atoms with Gasteiger partial charge in [0.15, 0.2) is 6.61 Å².